The van der Waals surface area contributed by atoms with Gasteiger partial charge in [-0.3, -0.25) is 9.89 Å². The lowest BCUT2D eigenvalue weighted by Crippen LogP contribution is -2.42. The Morgan fingerprint density at radius 3 is 2.65 bits per heavy atom. The van der Waals surface area contributed by atoms with Crippen LogP contribution in [0.1, 0.15) is 45.4 Å². The minimum atomic E-state index is 0. The number of ether oxygens (including phenoxy) is 2. The van der Waals surface area contributed by atoms with Crippen LogP contribution in [-0.4, -0.2) is 87.0 Å². The first-order valence-electron chi connectivity index (χ1n) is 10.3. The number of likely N-dealkylation sites (tertiary alicyclic amines) is 2. The molecule has 152 valence electrons. The van der Waals surface area contributed by atoms with Gasteiger partial charge in [-0.1, -0.05) is 0 Å². The van der Waals surface area contributed by atoms with Crippen LogP contribution in [0.4, 0.5) is 0 Å². The van der Waals surface area contributed by atoms with Gasteiger partial charge in [-0.15, -0.1) is 24.0 Å². The van der Waals surface area contributed by atoms with Crippen molar-refractivity contribution in [3.8, 4) is 0 Å². The van der Waals surface area contributed by atoms with Crippen molar-refractivity contribution < 1.29 is 9.47 Å². The van der Waals surface area contributed by atoms with Crippen LogP contribution < -0.4 is 5.32 Å². The normalized spacial score (nSPS) is 25.5. The molecule has 6 nitrogen and oxygen atoms in total. The molecule has 3 aliphatic heterocycles. The van der Waals surface area contributed by atoms with Crippen molar-refractivity contribution in [3.63, 3.8) is 0 Å². The molecule has 0 bridgehead atoms. The fourth-order valence-corrected chi connectivity index (χ4v) is 4.11. The van der Waals surface area contributed by atoms with E-state index in [2.05, 4.69) is 22.0 Å². The summed E-state index contributed by atoms with van der Waals surface area (Å²) in [6.45, 7) is 11.3. The molecule has 0 radical (unpaired) electrons. The summed E-state index contributed by atoms with van der Waals surface area (Å²) in [6.07, 6.45) is 7.49. The van der Waals surface area contributed by atoms with Gasteiger partial charge in [0.1, 0.15) is 0 Å². The summed E-state index contributed by atoms with van der Waals surface area (Å²) >= 11 is 0. The Morgan fingerprint density at radius 1 is 1.15 bits per heavy atom. The standard InChI is InChI=1S/C19H36N4O2.HI/c1-2-20-19(21-9-5-13-25-18-7-14-24-15-8-18)23-12-6-17(16-23)22-10-3-4-11-22;/h17-18H,2-16H2,1H3,(H,20,21);1H. The highest BCUT2D eigenvalue weighted by Gasteiger charge is 2.30. The lowest BCUT2D eigenvalue weighted by Gasteiger charge is -2.25. The fourth-order valence-electron chi connectivity index (χ4n) is 4.11. The predicted octanol–water partition coefficient (Wildman–Crippen LogP) is 2.33. The van der Waals surface area contributed by atoms with Crippen LogP contribution in [-0.2, 0) is 9.47 Å². The van der Waals surface area contributed by atoms with Gasteiger partial charge in [0.05, 0.1) is 6.10 Å². The van der Waals surface area contributed by atoms with Gasteiger partial charge >= 0.3 is 0 Å². The molecule has 0 aromatic heterocycles. The maximum Gasteiger partial charge on any atom is 0.193 e. The number of rotatable bonds is 7. The third kappa shape index (κ3) is 6.80. The van der Waals surface area contributed by atoms with Gasteiger partial charge in [0.2, 0.25) is 0 Å². The number of hydrogen-bond acceptors (Lipinski definition) is 4. The van der Waals surface area contributed by atoms with Gasteiger partial charge in [-0.2, -0.15) is 0 Å². The van der Waals surface area contributed by atoms with E-state index in [1.165, 1.54) is 32.4 Å². The van der Waals surface area contributed by atoms with E-state index < -0.39 is 0 Å². The first-order chi connectivity index (χ1) is 12.4. The third-order valence-electron chi connectivity index (χ3n) is 5.54. The van der Waals surface area contributed by atoms with Gasteiger partial charge in [-0.05, 0) is 58.5 Å². The van der Waals surface area contributed by atoms with Crippen molar-refractivity contribution in [2.24, 2.45) is 4.99 Å². The Labute approximate surface area is 176 Å². The monoisotopic (exact) mass is 480 g/mol. The average molecular weight is 480 g/mol. The fraction of sp³-hybridized carbons (Fsp3) is 0.947. The second-order valence-electron chi connectivity index (χ2n) is 7.40. The van der Waals surface area contributed by atoms with Crippen molar-refractivity contribution >= 4 is 29.9 Å². The molecule has 0 amide bonds. The molecule has 3 fully saturated rings. The molecule has 1 N–H and O–H groups in total. The summed E-state index contributed by atoms with van der Waals surface area (Å²) in [5, 5.41) is 3.48. The molecule has 26 heavy (non-hydrogen) atoms. The molecule has 0 spiro atoms. The van der Waals surface area contributed by atoms with Crippen molar-refractivity contribution in [2.45, 2.75) is 57.6 Å². The van der Waals surface area contributed by atoms with Crippen LogP contribution in [0, 0.1) is 0 Å². The number of nitrogens with zero attached hydrogens (tertiary/aromatic N) is 3. The minimum absolute atomic E-state index is 0. The molecule has 0 aromatic rings. The Morgan fingerprint density at radius 2 is 1.92 bits per heavy atom. The largest absolute Gasteiger partial charge is 0.381 e. The number of guanidine groups is 1. The van der Waals surface area contributed by atoms with Gasteiger partial charge < -0.3 is 19.7 Å². The van der Waals surface area contributed by atoms with E-state index in [1.54, 1.807) is 0 Å². The van der Waals surface area contributed by atoms with Crippen LogP contribution in [0.15, 0.2) is 4.99 Å². The molecule has 3 heterocycles. The summed E-state index contributed by atoms with van der Waals surface area (Å²) < 4.78 is 11.3. The van der Waals surface area contributed by atoms with E-state index in [4.69, 9.17) is 14.5 Å². The molecular weight excluding hydrogens is 443 g/mol. The van der Waals surface area contributed by atoms with Crippen LogP contribution in [0.25, 0.3) is 0 Å². The number of hydrogen-bond donors (Lipinski definition) is 1. The number of halogens is 1. The van der Waals surface area contributed by atoms with E-state index in [0.29, 0.717) is 6.10 Å². The second-order valence-corrected chi connectivity index (χ2v) is 7.40. The van der Waals surface area contributed by atoms with Crippen molar-refractivity contribution in [1.82, 2.24) is 15.1 Å². The van der Waals surface area contributed by atoms with Gasteiger partial charge in [0.25, 0.3) is 0 Å². The summed E-state index contributed by atoms with van der Waals surface area (Å²) in [6, 6.07) is 0.725. The predicted molar refractivity (Wildman–Crippen MR) is 117 cm³/mol. The maximum atomic E-state index is 5.94. The molecule has 3 saturated heterocycles. The summed E-state index contributed by atoms with van der Waals surface area (Å²) in [5.74, 6) is 1.09. The summed E-state index contributed by atoms with van der Waals surface area (Å²) in [5.41, 5.74) is 0. The number of aliphatic imine (C=N–C) groups is 1. The second kappa shape index (κ2) is 12.4. The molecular formula is C19H37IN4O2. The van der Waals surface area contributed by atoms with Gasteiger partial charge in [-0.25, -0.2) is 0 Å². The lowest BCUT2D eigenvalue weighted by atomic mass is 10.1. The highest BCUT2D eigenvalue weighted by molar-refractivity contribution is 14.0. The van der Waals surface area contributed by atoms with Crippen LogP contribution in [0.3, 0.4) is 0 Å². The quantitative estimate of drug-likeness (QED) is 0.263. The summed E-state index contributed by atoms with van der Waals surface area (Å²) in [4.78, 5) is 9.97. The van der Waals surface area contributed by atoms with Crippen molar-refractivity contribution in [3.05, 3.63) is 0 Å². The zero-order valence-corrected chi connectivity index (χ0v) is 18.7. The van der Waals surface area contributed by atoms with E-state index >= 15 is 0 Å². The minimum Gasteiger partial charge on any atom is -0.381 e. The molecule has 0 aromatic carbocycles. The van der Waals surface area contributed by atoms with E-state index in [0.717, 1.165) is 77.3 Å². The molecule has 1 atom stereocenters. The van der Waals surface area contributed by atoms with Crippen LogP contribution in [0.5, 0.6) is 0 Å². The Kier molecular flexibility index (Phi) is 10.5. The van der Waals surface area contributed by atoms with Crippen LogP contribution >= 0.6 is 24.0 Å². The Hall–Kier alpha value is -0.120. The number of nitrogens with one attached hydrogen (secondary N) is 1. The Balaban J connectivity index is 0.00000243. The molecule has 7 heteroatoms. The zero-order valence-electron chi connectivity index (χ0n) is 16.3. The van der Waals surface area contributed by atoms with Crippen molar-refractivity contribution in [1.29, 1.82) is 0 Å². The Bertz CT molecular complexity index is 412. The van der Waals surface area contributed by atoms with E-state index in [1.807, 2.05) is 0 Å². The molecule has 1 unspecified atom stereocenters. The highest BCUT2D eigenvalue weighted by Crippen LogP contribution is 2.20. The van der Waals surface area contributed by atoms with Gasteiger partial charge in [0.15, 0.2) is 5.96 Å². The first kappa shape index (κ1) is 22.2. The molecule has 0 saturated carbocycles. The topological polar surface area (TPSA) is 49.3 Å². The molecule has 0 aliphatic carbocycles. The summed E-state index contributed by atoms with van der Waals surface area (Å²) in [7, 11) is 0. The van der Waals surface area contributed by atoms with Gasteiger partial charge in [0, 0.05) is 52.0 Å². The van der Waals surface area contributed by atoms with E-state index in [-0.39, 0.29) is 24.0 Å². The zero-order chi connectivity index (χ0) is 17.3. The highest BCUT2D eigenvalue weighted by atomic mass is 127. The molecule has 3 rings (SSSR count). The average Bonchev–Trinajstić information content (AvgIpc) is 3.33. The third-order valence-corrected chi connectivity index (χ3v) is 5.54. The first-order valence-corrected chi connectivity index (χ1v) is 10.3. The smallest absolute Gasteiger partial charge is 0.193 e. The SMILES string of the molecule is CCNC(=NCCCOC1CCOCC1)N1CCC(N2CCCC2)C1.I. The van der Waals surface area contributed by atoms with Crippen LogP contribution in [0.2, 0.25) is 0 Å². The van der Waals surface area contributed by atoms with E-state index in [9.17, 15) is 0 Å². The lowest BCUT2D eigenvalue weighted by molar-refractivity contribution is -0.0318. The maximum absolute atomic E-state index is 5.94. The van der Waals surface area contributed by atoms with Crippen molar-refractivity contribution in [2.75, 3.05) is 59.1 Å². The molecule has 3 aliphatic rings.